The third kappa shape index (κ3) is 4.41. The zero-order valence-corrected chi connectivity index (χ0v) is 21.8. The maximum absolute atomic E-state index is 13.5. The summed E-state index contributed by atoms with van der Waals surface area (Å²) in [6.07, 6.45) is 0. The van der Waals surface area contributed by atoms with Crippen molar-refractivity contribution >= 4 is 52.6 Å². The van der Waals surface area contributed by atoms with Crippen LogP contribution in [0.1, 0.15) is 0 Å². The second kappa shape index (κ2) is 9.30. The zero-order valence-electron chi connectivity index (χ0n) is 20.2. The number of hydrogen-bond donors (Lipinski definition) is 1. The Morgan fingerprint density at radius 3 is 1.74 bits per heavy atom. The van der Waals surface area contributed by atoms with Gasteiger partial charge in [-0.15, -0.1) is 0 Å². The van der Waals surface area contributed by atoms with Crippen LogP contribution in [0.15, 0.2) is 125 Å². The second-order valence-corrected chi connectivity index (χ2v) is 11.8. The van der Waals surface area contributed by atoms with Gasteiger partial charge in [0.25, 0.3) is 0 Å². The predicted octanol–water partition coefficient (Wildman–Crippen LogP) is 6.39. The fourth-order valence-corrected chi connectivity index (χ4v) is 6.99. The fraction of sp³-hybridized carbons (Fsp3) is 0. The molecule has 7 nitrogen and oxygen atoms in total. The van der Waals surface area contributed by atoms with Crippen LogP contribution in [0.2, 0.25) is 0 Å². The van der Waals surface area contributed by atoms with Crippen LogP contribution >= 0.6 is 0 Å². The highest BCUT2D eigenvalue weighted by Gasteiger charge is 2.25. The summed E-state index contributed by atoms with van der Waals surface area (Å²) in [5.74, 6) is -0.0925. The molecule has 39 heavy (non-hydrogen) atoms. The van der Waals surface area contributed by atoms with E-state index in [0.717, 1.165) is 5.39 Å². The molecule has 0 atom stereocenters. The molecule has 0 unspecified atom stereocenters. The molecule has 6 aromatic rings. The van der Waals surface area contributed by atoms with E-state index in [0.29, 0.717) is 10.8 Å². The minimum atomic E-state index is -4.42. The lowest BCUT2D eigenvalue weighted by Crippen LogP contribution is -2.12. The van der Waals surface area contributed by atoms with E-state index in [1.165, 1.54) is 36.4 Å². The molecule has 0 saturated carbocycles. The molecule has 0 aromatic heterocycles. The van der Waals surface area contributed by atoms with Crippen LogP contribution in [0.3, 0.4) is 0 Å². The largest absolute Gasteiger partial charge is 0.507 e. The first-order valence-corrected chi connectivity index (χ1v) is 14.7. The molecule has 6 rings (SSSR count). The van der Waals surface area contributed by atoms with Crippen molar-refractivity contribution in [1.29, 1.82) is 0 Å². The predicted molar refractivity (Wildman–Crippen MR) is 149 cm³/mol. The topological polar surface area (TPSA) is 107 Å². The molecule has 1 N–H and O–H groups in total. The van der Waals surface area contributed by atoms with Gasteiger partial charge in [0.05, 0.1) is 0 Å². The number of fused-ring (bicyclic) bond motifs is 3. The van der Waals surface area contributed by atoms with E-state index in [9.17, 15) is 21.9 Å². The van der Waals surface area contributed by atoms with Gasteiger partial charge in [-0.25, -0.2) is 0 Å². The third-order valence-corrected chi connectivity index (χ3v) is 8.95. The summed E-state index contributed by atoms with van der Waals surface area (Å²) >= 11 is 0. The van der Waals surface area contributed by atoms with Gasteiger partial charge < -0.3 is 13.5 Å². The van der Waals surface area contributed by atoms with Gasteiger partial charge in [0.1, 0.15) is 15.5 Å². The van der Waals surface area contributed by atoms with Gasteiger partial charge in [-0.2, -0.15) is 16.8 Å². The summed E-state index contributed by atoms with van der Waals surface area (Å²) in [6.45, 7) is 0. The average molecular weight is 557 g/mol. The van der Waals surface area contributed by atoms with Crippen LogP contribution in [0, 0.1) is 0 Å². The van der Waals surface area contributed by atoms with Crippen molar-refractivity contribution in [1.82, 2.24) is 0 Å². The Hall–Kier alpha value is -4.60. The van der Waals surface area contributed by atoms with Crippen LogP contribution in [0.5, 0.6) is 17.2 Å². The molecular formula is C30H20O7S2. The molecule has 0 spiro atoms. The van der Waals surface area contributed by atoms with Crippen LogP contribution in [0.4, 0.5) is 0 Å². The minimum absolute atomic E-state index is 0.0675. The van der Waals surface area contributed by atoms with Gasteiger partial charge >= 0.3 is 20.2 Å². The average Bonchev–Trinajstić information content (AvgIpc) is 2.93. The van der Waals surface area contributed by atoms with Crippen molar-refractivity contribution in [2.24, 2.45) is 0 Å². The van der Waals surface area contributed by atoms with Crippen molar-refractivity contribution in [3.63, 3.8) is 0 Å². The van der Waals surface area contributed by atoms with Crippen molar-refractivity contribution < 1.29 is 30.3 Å². The molecule has 0 saturated heterocycles. The van der Waals surface area contributed by atoms with Crippen LogP contribution in [-0.4, -0.2) is 21.9 Å². The first-order chi connectivity index (χ1) is 18.7. The number of benzene rings is 6. The Morgan fingerprint density at radius 1 is 0.462 bits per heavy atom. The number of phenolic OH excluding ortho intramolecular Hbond substituents is 1. The number of aromatic hydroxyl groups is 1. The van der Waals surface area contributed by atoms with Gasteiger partial charge in [0.15, 0.2) is 11.5 Å². The molecule has 194 valence electrons. The van der Waals surface area contributed by atoms with E-state index in [4.69, 9.17) is 8.37 Å². The number of rotatable bonds is 6. The molecule has 0 heterocycles. The Kier molecular flexibility index (Phi) is 5.90. The third-order valence-electron chi connectivity index (χ3n) is 6.37. The number of hydrogen-bond acceptors (Lipinski definition) is 7. The highest BCUT2D eigenvalue weighted by Crippen LogP contribution is 2.36. The summed E-state index contributed by atoms with van der Waals surface area (Å²) in [5, 5.41) is 13.0. The van der Waals surface area contributed by atoms with Crippen molar-refractivity contribution in [3.8, 4) is 17.2 Å². The summed E-state index contributed by atoms with van der Waals surface area (Å²) < 4.78 is 64.8. The normalized spacial score (nSPS) is 12.1. The summed E-state index contributed by atoms with van der Waals surface area (Å²) in [4.78, 5) is -0.350. The van der Waals surface area contributed by atoms with Crippen molar-refractivity contribution in [2.45, 2.75) is 9.79 Å². The van der Waals surface area contributed by atoms with E-state index in [1.54, 1.807) is 60.7 Å². The molecular weight excluding hydrogens is 536 g/mol. The summed E-state index contributed by atoms with van der Waals surface area (Å²) in [7, 11) is -8.73. The SMILES string of the molecule is O=S(=O)(Oc1cccc2ccccc12)c1cccc2c(OS(=O)(=O)c3cccc4cccc(O)c34)cccc12. The van der Waals surface area contributed by atoms with Gasteiger partial charge in [-0.1, -0.05) is 84.9 Å². The van der Waals surface area contributed by atoms with E-state index >= 15 is 0 Å². The van der Waals surface area contributed by atoms with Crippen molar-refractivity contribution in [3.05, 3.63) is 115 Å². The van der Waals surface area contributed by atoms with Crippen molar-refractivity contribution in [2.75, 3.05) is 0 Å². The zero-order chi connectivity index (χ0) is 27.2. The molecule has 0 radical (unpaired) electrons. The van der Waals surface area contributed by atoms with Crippen LogP contribution < -0.4 is 8.37 Å². The first kappa shape index (κ1) is 24.7. The smallest absolute Gasteiger partial charge is 0.339 e. The van der Waals surface area contributed by atoms with E-state index in [1.807, 2.05) is 18.2 Å². The van der Waals surface area contributed by atoms with Gasteiger partial charge in [-0.05, 0) is 41.1 Å². The molecule has 0 aliphatic heterocycles. The maximum atomic E-state index is 13.5. The highest BCUT2D eigenvalue weighted by molar-refractivity contribution is 7.87. The van der Waals surface area contributed by atoms with Gasteiger partial charge in [0, 0.05) is 21.5 Å². The Labute approximate surface area is 224 Å². The van der Waals surface area contributed by atoms with E-state index < -0.39 is 20.2 Å². The molecule has 6 aromatic carbocycles. The van der Waals surface area contributed by atoms with Crippen LogP contribution in [-0.2, 0) is 20.2 Å². The lowest BCUT2D eigenvalue weighted by molar-refractivity contribution is 0.476. The van der Waals surface area contributed by atoms with Crippen LogP contribution in [0.25, 0.3) is 32.3 Å². The number of phenols is 1. The highest BCUT2D eigenvalue weighted by atomic mass is 32.2. The Balaban J connectivity index is 1.43. The van der Waals surface area contributed by atoms with E-state index in [2.05, 4.69) is 0 Å². The van der Waals surface area contributed by atoms with Gasteiger partial charge in [-0.3, -0.25) is 0 Å². The second-order valence-electron chi connectivity index (χ2n) is 8.79. The van der Waals surface area contributed by atoms with Gasteiger partial charge in [0.2, 0.25) is 0 Å². The van der Waals surface area contributed by atoms with E-state index in [-0.39, 0.29) is 43.2 Å². The minimum Gasteiger partial charge on any atom is -0.507 e. The first-order valence-electron chi connectivity index (χ1n) is 11.8. The summed E-state index contributed by atoms with van der Waals surface area (Å²) in [5.41, 5.74) is 0. The molecule has 0 fully saturated rings. The monoisotopic (exact) mass is 556 g/mol. The Bertz CT molecular complexity index is 2110. The molecule has 0 aliphatic carbocycles. The molecule has 0 bridgehead atoms. The molecule has 9 heteroatoms. The maximum Gasteiger partial charge on any atom is 0.339 e. The lowest BCUT2D eigenvalue weighted by atomic mass is 10.1. The standard InChI is InChI=1S/C30H20O7S2/c31-25-15-3-10-21-11-5-19-29(30(21)25)39(34,35)37-27-17-6-14-24-23(27)13-7-18-28(24)38(32,33)36-26-16-4-9-20-8-1-2-12-22(20)26/h1-19,31H. The molecule has 0 aliphatic rings. The fourth-order valence-electron chi connectivity index (χ4n) is 4.63. The lowest BCUT2D eigenvalue weighted by Gasteiger charge is -2.14. The summed E-state index contributed by atoms with van der Waals surface area (Å²) in [6, 6.07) is 30.6. The Morgan fingerprint density at radius 2 is 0.949 bits per heavy atom. The quantitative estimate of drug-likeness (QED) is 0.237. The molecule has 0 amide bonds.